The van der Waals surface area contributed by atoms with E-state index in [1.807, 2.05) is 11.0 Å². The standard InChI is InChI=1S/C14H17N3O4/c15-9-12(10-18)7-11-1-2-13(14(8-11)17(19)20)16-3-5-21-6-4-16/h1-2,8,12,18H,3-7,10H2/t12-/m0/s1. The highest BCUT2D eigenvalue weighted by molar-refractivity contribution is 5.64. The Morgan fingerprint density at radius 2 is 2.19 bits per heavy atom. The van der Waals surface area contributed by atoms with Gasteiger partial charge in [0.1, 0.15) is 5.69 Å². The number of nitro benzene ring substituents is 1. The molecule has 1 heterocycles. The van der Waals surface area contributed by atoms with E-state index in [0.717, 1.165) is 0 Å². The van der Waals surface area contributed by atoms with E-state index < -0.39 is 10.8 Å². The van der Waals surface area contributed by atoms with E-state index in [2.05, 4.69) is 0 Å². The van der Waals surface area contributed by atoms with Crippen molar-refractivity contribution in [1.82, 2.24) is 0 Å². The molecule has 0 aromatic heterocycles. The first-order valence-corrected chi connectivity index (χ1v) is 6.76. The summed E-state index contributed by atoms with van der Waals surface area (Å²) in [7, 11) is 0. The average molecular weight is 291 g/mol. The lowest BCUT2D eigenvalue weighted by Gasteiger charge is -2.28. The minimum atomic E-state index is -0.543. The smallest absolute Gasteiger partial charge is 0.292 e. The summed E-state index contributed by atoms with van der Waals surface area (Å²) in [6, 6.07) is 6.96. The Kier molecular flexibility index (Phi) is 5.09. The Morgan fingerprint density at radius 1 is 1.48 bits per heavy atom. The lowest BCUT2D eigenvalue weighted by Crippen LogP contribution is -2.36. The van der Waals surface area contributed by atoms with Crippen LogP contribution in [0.2, 0.25) is 0 Å². The molecule has 0 aliphatic carbocycles. The monoisotopic (exact) mass is 291 g/mol. The van der Waals surface area contributed by atoms with Crippen molar-refractivity contribution in [2.24, 2.45) is 5.92 Å². The summed E-state index contributed by atoms with van der Waals surface area (Å²) in [4.78, 5) is 12.8. The Morgan fingerprint density at radius 3 is 2.76 bits per heavy atom. The number of morpholine rings is 1. The lowest BCUT2D eigenvalue weighted by molar-refractivity contribution is -0.384. The van der Waals surface area contributed by atoms with Crippen LogP contribution in [0, 0.1) is 27.4 Å². The number of anilines is 1. The first-order chi connectivity index (χ1) is 10.2. The largest absolute Gasteiger partial charge is 0.395 e. The number of hydrogen-bond acceptors (Lipinski definition) is 6. The van der Waals surface area contributed by atoms with Crippen LogP contribution in [0.25, 0.3) is 0 Å². The molecule has 1 aromatic carbocycles. The van der Waals surface area contributed by atoms with Crippen molar-refractivity contribution in [2.75, 3.05) is 37.8 Å². The molecule has 1 saturated heterocycles. The molecule has 1 aliphatic rings. The third kappa shape index (κ3) is 3.68. The van der Waals surface area contributed by atoms with E-state index in [1.165, 1.54) is 6.07 Å². The number of rotatable bonds is 5. The number of aliphatic hydroxyl groups excluding tert-OH is 1. The molecular formula is C14H17N3O4. The van der Waals surface area contributed by atoms with Crippen molar-refractivity contribution < 1.29 is 14.8 Å². The number of ether oxygens (including phenoxy) is 1. The van der Waals surface area contributed by atoms with Crippen molar-refractivity contribution in [1.29, 1.82) is 5.26 Å². The predicted octanol–water partition coefficient (Wildman–Crippen LogP) is 1.11. The lowest BCUT2D eigenvalue weighted by atomic mass is 10.0. The molecule has 0 spiro atoms. The summed E-state index contributed by atoms with van der Waals surface area (Å²) >= 11 is 0. The maximum absolute atomic E-state index is 11.3. The number of benzene rings is 1. The molecule has 0 bridgehead atoms. The van der Waals surface area contributed by atoms with E-state index in [4.69, 9.17) is 15.1 Å². The van der Waals surface area contributed by atoms with Crippen LogP contribution in [-0.2, 0) is 11.2 Å². The number of nitrogens with zero attached hydrogens (tertiary/aromatic N) is 3. The number of aliphatic hydroxyl groups is 1. The highest BCUT2D eigenvalue weighted by atomic mass is 16.6. The second kappa shape index (κ2) is 7.02. The average Bonchev–Trinajstić information content (AvgIpc) is 2.53. The van der Waals surface area contributed by atoms with Crippen molar-refractivity contribution in [3.63, 3.8) is 0 Å². The van der Waals surface area contributed by atoms with Gasteiger partial charge < -0.3 is 14.7 Å². The Bertz CT molecular complexity index is 550. The molecule has 2 rings (SSSR count). The summed E-state index contributed by atoms with van der Waals surface area (Å²) in [5.41, 5.74) is 1.29. The van der Waals surface area contributed by atoms with Crippen LogP contribution in [0.3, 0.4) is 0 Å². The summed E-state index contributed by atoms with van der Waals surface area (Å²) < 4.78 is 5.25. The molecule has 1 aliphatic heterocycles. The zero-order chi connectivity index (χ0) is 15.2. The molecule has 1 fully saturated rings. The molecule has 0 amide bonds. The number of nitriles is 1. The zero-order valence-electron chi connectivity index (χ0n) is 11.6. The molecule has 7 heteroatoms. The van der Waals surface area contributed by atoms with E-state index in [9.17, 15) is 10.1 Å². The normalized spacial score (nSPS) is 16.3. The van der Waals surface area contributed by atoms with Crippen LogP contribution in [0.5, 0.6) is 0 Å². The Labute approximate surface area is 122 Å². The van der Waals surface area contributed by atoms with Gasteiger partial charge in [0.15, 0.2) is 0 Å². The summed E-state index contributed by atoms with van der Waals surface area (Å²) in [6.45, 7) is 2.10. The van der Waals surface area contributed by atoms with Gasteiger partial charge in [-0.1, -0.05) is 6.07 Å². The molecule has 112 valence electrons. The molecule has 21 heavy (non-hydrogen) atoms. The maximum atomic E-state index is 11.3. The minimum Gasteiger partial charge on any atom is -0.395 e. The van der Waals surface area contributed by atoms with Gasteiger partial charge in [0, 0.05) is 19.2 Å². The quantitative estimate of drug-likeness (QED) is 0.644. The number of hydrogen-bond donors (Lipinski definition) is 1. The first kappa shape index (κ1) is 15.2. The van der Waals surface area contributed by atoms with Crippen LogP contribution in [0.15, 0.2) is 18.2 Å². The molecule has 1 aromatic rings. The zero-order valence-corrected chi connectivity index (χ0v) is 11.6. The van der Waals surface area contributed by atoms with Crippen molar-refractivity contribution in [3.8, 4) is 6.07 Å². The van der Waals surface area contributed by atoms with E-state index in [-0.39, 0.29) is 12.3 Å². The summed E-state index contributed by atoms with van der Waals surface area (Å²) in [5.74, 6) is -0.543. The number of nitro groups is 1. The highest BCUT2D eigenvalue weighted by Gasteiger charge is 2.22. The van der Waals surface area contributed by atoms with Gasteiger partial charge in [0.2, 0.25) is 0 Å². The minimum absolute atomic E-state index is 0.0315. The fourth-order valence-electron chi connectivity index (χ4n) is 2.35. The van der Waals surface area contributed by atoms with E-state index >= 15 is 0 Å². The van der Waals surface area contributed by atoms with Crippen LogP contribution in [0.4, 0.5) is 11.4 Å². The van der Waals surface area contributed by atoms with Gasteiger partial charge in [-0.3, -0.25) is 10.1 Å². The Balaban J connectivity index is 2.26. The third-order valence-corrected chi connectivity index (χ3v) is 3.47. The van der Waals surface area contributed by atoms with Gasteiger partial charge >= 0.3 is 0 Å². The van der Waals surface area contributed by atoms with Gasteiger partial charge in [-0.15, -0.1) is 0 Å². The van der Waals surface area contributed by atoms with Crippen molar-refractivity contribution in [2.45, 2.75) is 6.42 Å². The Hall–Kier alpha value is -2.17. The summed E-state index contributed by atoms with van der Waals surface area (Å²) in [6.07, 6.45) is 0.303. The van der Waals surface area contributed by atoms with Gasteiger partial charge in [0.25, 0.3) is 5.69 Å². The predicted molar refractivity (Wildman–Crippen MR) is 76.0 cm³/mol. The van der Waals surface area contributed by atoms with E-state index in [1.54, 1.807) is 12.1 Å². The van der Waals surface area contributed by atoms with Crippen molar-refractivity contribution in [3.05, 3.63) is 33.9 Å². The van der Waals surface area contributed by atoms with Gasteiger partial charge in [-0.25, -0.2) is 0 Å². The highest BCUT2D eigenvalue weighted by Crippen LogP contribution is 2.30. The molecule has 0 unspecified atom stereocenters. The topological polar surface area (TPSA) is 99.6 Å². The van der Waals surface area contributed by atoms with Crippen LogP contribution < -0.4 is 4.90 Å². The fraction of sp³-hybridized carbons (Fsp3) is 0.500. The SMILES string of the molecule is N#C[C@@H](CO)Cc1ccc(N2CCOCC2)c([N+](=O)[O-])c1. The second-order valence-corrected chi connectivity index (χ2v) is 4.89. The van der Waals surface area contributed by atoms with Gasteiger partial charge in [0.05, 0.1) is 36.7 Å². The van der Waals surface area contributed by atoms with Gasteiger partial charge in [-0.05, 0) is 18.1 Å². The molecular weight excluding hydrogens is 274 g/mol. The molecule has 0 saturated carbocycles. The second-order valence-electron chi connectivity index (χ2n) is 4.89. The molecule has 1 N–H and O–H groups in total. The van der Waals surface area contributed by atoms with Gasteiger partial charge in [-0.2, -0.15) is 5.26 Å². The third-order valence-electron chi connectivity index (χ3n) is 3.47. The molecule has 0 radical (unpaired) electrons. The first-order valence-electron chi connectivity index (χ1n) is 6.76. The molecule has 1 atom stereocenters. The molecule has 7 nitrogen and oxygen atoms in total. The van der Waals surface area contributed by atoms with Crippen LogP contribution in [-0.4, -0.2) is 42.9 Å². The fourth-order valence-corrected chi connectivity index (χ4v) is 2.35. The maximum Gasteiger partial charge on any atom is 0.292 e. The van der Waals surface area contributed by atoms with Crippen LogP contribution in [0.1, 0.15) is 5.56 Å². The van der Waals surface area contributed by atoms with Crippen LogP contribution >= 0.6 is 0 Å². The van der Waals surface area contributed by atoms with E-state index in [0.29, 0.717) is 44.0 Å². The van der Waals surface area contributed by atoms with Crippen molar-refractivity contribution >= 4 is 11.4 Å². The summed E-state index contributed by atoms with van der Waals surface area (Å²) in [5, 5.41) is 29.2.